The van der Waals surface area contributed by atoms with Crippen LogP contribution >= 0.6 is 0 Å². The van der Waals surface area contributed by atoms with Crippen molar-refractivity contribution < 1.29 is 27.6 Å². The van der Waals surface area contributed by atoms with E-state index in [4.69, 9.17) is 4.74 Å². The van der Waals surface area contributed by atoms with E-state index in [1.165, 1.54) is 36.4 Å². The van der Waals surface area contributed by atoms with Crippen LogP contribution in [0.1, 0.15) is 22.3 Å². The Morgan fingerprint density at radius 3 is 2.47 bits per heavy atom. The first-order valence-electron chi connectivity index (χ1n) is 11.5. The van der Waals surface area contributed by atoms with E-state index < -0.39 is 22.6 Å². The van der Waals surface area contributed by atoms with E-state index in [1.54, 1.807) is 6.07 Å². The molecule has 2 N–H and O–H groups in total. The molecule has 0 atom stereocenters. The maximum atomic E-state index is 13.1. The first kappa shape index (κ1) is 25.4. The standard InChI is InChI=1S/C25H25F3N4O4/c26-25(27,28)18-8-6-17(7-9-18)21-16-20(23(30-21)19-4-1-2-5-22(19)32(34)35)24(33)29-10-3-11-31-12-14-36-15-13-31/h1-2,4-9,16,30H,3,10-15H2,(H,29,33). The third kappa shape index (κ3) is 5.92. The molecule has 0 aliphatic carbocycles. The third-order valence-corrected chi connectivity index (χ3v) is 6.00. The molecule has 190 valence electrons. The number of ether oxygens (including phenoxy) is 1. The molecule has 0 unspecified atom stereocenters. The van der Waals surface area contributed by atoms with Gasteiger partial charge in [-0.3, -0.25) is 19.8 Å². The summed E-state index contributed by atoms with van der Waals surface area (Å²) in [4.78, 5) is 29.5. The van der Waals surface area contributed by atoms with Gasteiger partial charge in [0.05, 0.1) is 40.5 Å². The van der Waals surface area contributed by atoms with Crippen molar-refractivity contribution in [2.24, 2.45) is 0 Å². The zero-order chi connectivity index (χ0) is 25.7. The monoisotopic (exact) mass is 502 g/mol. The highest BCUT2D eigenvalue weighted by molar-refractivity contribution is 6.02. The Morgan fingerprint density at radius 1 is 1.11 bits per heavy atom. The summed E-state index contributed by atoms with van der Waals surface area (Å²) in [5, 5.41) is 14.5. The predicted molar refractivity (Wildman–Crippen MR) is 128 cm³/mol. The molecule has 2 aromatic carbocycles. The Labute approximate surface area is 205 Å². The minimum atomic E-state index is -4.48. The molecule has 1 aromatic heterocycles. The lowest BCUT2D eigenvalue weighted by molar-refractivity contribution is -0.384. The fourth-order valence-corrected chi connectivity index (χ4v) is 4.11. The van der Waals surface area contributed by atoms with E-state index in [2.05, 4.69) is 15.2 Å². The van der Waals surface area contributed by atoms with Crippen LogP contribution < -0.4 is 5.32 Å². The van der Waals surface area contributed by atoms with Gasteiger partial charge >= 0.3 is 6.18 Å². The molecule has 1 aliphatic heterocycles. The number of nitro benzene ring substituents is 1. The summed E-state index contributed by atoms with van der Waals surface area (Å²) >= 11 is 0. The molecule has 2 heterocycles. The van der Waals surface area contributed by atoms with E-state index in [1.807, 2.05) is 0 Å². The van der Waals surface area contributed by atoms with Gasteiger partial charge in [-0.25, -0.2) is 0 Å². The minimum absolute atomic E-state index is 0.172. The third-order valence-electron chi connectivity index (χ3n) is 6.00. The molecule has 11 heteroatoms. The van der Waals surface area contributed by atoms with E-state index in [-0.39, 0.29) is 22.5 Å². The van der Waals surface area contributed by atoms with E-state index in [9.17, 15) is 28.1 Å². The van der Waals surface area contributed by atoms with Crippen molar-refractivity contribution in [2.75, 3.05) is 39.4 Å². The smallest absolute Gasteiger partial charge is 0.379 e. The summed E-state index contributed by atoms with van der Waals surface area (Å²) in [7, 11) is 0. The lowest BCUT2D eigenvalue weighted by atomic mass is 10.0. The number of benzene rings is 2. The molecule has 0 radical (unpaired) electrons. The predicted octanol–water partition coefficient (Wildman–Crippen LogP) is 4.73. The number of amides is 1. The van der Waals surface area contributed by atoms with Crippen LogP contribution in [0.3, 0.4) is 0 Å². The van der Waals surface area contributed by atoms with Crippen molar-refractivity contribution in [1.29, 1.82) is 0 Å². The van der Waals surface area contributed by atoms with Gasteiger partial charge in [-0.15, -0.1) is 0 Å². The Kier molecular flexibility index (Phi) is 7.70. The number of para-hydroxylation sites is 1. The number of hydrogen-bond donors (Lipinski definition) is 2. The van der Waals surface area contributed by atoms with Crippen molar-refractivity contribution in [3.63, 3.8) is 0 Å². The highest BCUT2D eigenvalue weighted by atomic mass is 19.4. The number of nitro groups is 1. The first-order valence-corrected chi connectivity index (χ1v) is 11.5. The Morgan fingerprint density at radius 2 is 1.81 bits per heavy atom. The summed E-state index contributed by atoms with van der Waals surface area (Å²) in [6.07, 6.45) is -3.76. The lowest BCUT2D eigenvalue weighted by Crippen LogP contribution is -2.38. The summed E-state index contributed by atoms with van der Waals surface area (Å²) in [6.45, 7) is 4.23. The molecule has 3 aromatic rings. The molecule has 1 saturated heterocycles. The summed E-state index contributed by atoms with van der Waals surface area (Å²) in [5.41, 5.74) is 0.395. The fraction of sp³-hybridized carbons (Fsp3) is 0.320. The van der Waals surface area contributed by atoms with Crippen molar-refractivity contribution in [2.45, 2.75) is 12.6 Å². The molecule has 8 nitrogen and oxygen atoms in total. The second-order valence-corrected chi connectivity index (χ2v) is 8.38. The second-order valence-electron chi connectivity index (χ2n) is 8.38. The van der Waals surface area contributed by atoms with Gasteiger partial charge in [-0.05, 0) is 42.8 Å². The number of carbonyl (C=O) groups excluding carboxylic acids is 1. The van der Waals surface area contributed by atoms with Crippen molar-refractivity contribution in [3.8, 4) is 22.5 Å². The van der Waals surface area contributed by atoms with Gasteiger partial charge in [0.25, 0.3) is 11.6 Å². The van der Waals surface area contributed by atoms with Gasteiger partial charge in [0.1, 0.15) is 0 Å². The summed E-state index contributed by atoms with van der Waals surface area (Å²) in [6, 6.07) is 12.0. The Hall–Kier alpha value is -3.70. The topological polar surface area (TPSA) is 100 Å². The van der Waals surface area contributed by atoms with Crippen LogP contribution in [0, 0.1) is 10.1 Å². The average molecular weight is 502 g/mol. The summed E-state index contributed by atoms with van der Waals surface area (Å²) in [5.74, 6) is -0.431. The van der Waals surface area contributed by atoms with E-state index >= 15 is 0 Å². The zero-order valence-corrected chi connectivity index (χ0v) is 19.3. The normalized spacial score (nSPS) is 14.5. The number of morpholine rings is 1. The van der Waals surface area contributed by atoms with Crippen LogP contribution in [0.2, 0.25) is 0 Å². The van der Waals surface area contributed by atoms with Crippen molar-refractivity contribution >= 4 is 11.6 Å². The number of carbonyl (C=O) groups is 1. The maximum Gasteiger partial charge on any atom is 0.416 e. The number of aromatic amines is 1. The maximum absolute atomic E-state index is 13.1. The second kappa shape index (κ2) is 10.9. The van der Waals surface area contributed by atoms with Gasteiger partial charge in [0.2, 0.25) is 0 Å². The number of aromatic nitrogens is 1. The van der Waals surface area contributed by atoms with Crippen LogP contribution in [0.5, 0.6) is 0 Å². The minimum Gasteiger partial charge on any atom is -0.379 e. The zero-order valence-electron chi connectivity index (χ0n) is 19.3. The lowest BCUT2D eigenvalue weighted by Gasteiger charge is -2.26. The highest BCUT2D eigenvalue weighted by Crippen LogP contribution is 2.36. The molecule has 36 heavy (non-hydrogen) atoms. The van der Waals surface area contributed by atoms with Gasteiger partial charge in [0, 0.05) is 31.4 Å². The van der Waals surface area contributed by atoms with Gasteiger partial charge in [-0.1, -0.05) is 24.3 Å². The molecule has 4 rings (SSSR count). The van der Waals surface area contributed by atoms with Crippen LogP contribution in [0.25, 0.3) is 22.5 Å². The fourth-order valence-electron chi connectivity index (χ4n) is 4.11. The molecule has 0 saturated carbocycles. The Bertz CT molecular complexity index is 1220. The summed E-state index contributed by atoms with van der Waals surface area (Å²) < 4.78 is 44.2. The number of halogens is 3. The van der Waals surface area contributed by atoms with Crippen LogP contribution in [0.15, 0.2) is 54.6 Å². The molecular weight excluding hydrogens is 477 g/mol. The number of H-pyrrole nitrogens is 1. The first-order chi connectivity index (χ1) is 17.2. The molecule has 0 bridgehead atoms. The molecule has 1 fully saturated rings. The van der Waals surface area contributed by atoms with Gasteiger partial charge in [-0.2, -0.15) is 13.2 Å². The largest absolute Gasteiger partial charge is 0.416 e. The number of nitrogens with zero attached hydrogens (tertiary/aromatic N) is 2. The Balaban J connectivity index is 1.60. The quantitative estimate of drug-likeness (QED) is 0.264. The van der Waals surface area contributed by atoms with Crippen molar-refractivity contribution in [3.05, 3.63) is 75.8 Å². The number of alkyl halides is 3. The molecule has 1 amide bonds. The van der Waals surface area contributed by atoms with Gasteiger partial charge < -0.3 is 15.0 Å². The molecule has 1 aliphatic rings. The van der Waals surface area contributed by atoms with Crippen LogP contribution in [-0.2, 0) is 10.9 Å². The highest BCUT2D eigenvalue weighted by Gasteiger charge is 2.30. The van der Waals surface area contributed by atoms with Gasteiger partial charge in [0.15, 0.2) is 0 Å². The van der Waals surface area contributed by atoms with E-state index in [0.29, 0.717) is 37.4 Å². The molecular formula is C25H25F3N4O4. The number of rotatable bonds is 8. The SMILES string of the molecule is O=C(NCCCN1CCOCC1)c1cc(-c2ccc(C(F)(F)F)cc2)[nH]c1-c1ccccc1[N+](=O)[O-]. The van der Waals surface area contributed by atoms with Crippen LogP contribution in [-0.4, -0.2) is 60.1 Å². The van der Waals surface area contributed by atoms with Crippen LogP contribution in [0.4, 0.5) is 18.9 Å². The van der Waals surface area contributed by atoms with Crippen molar-refractivity contribution in [1.82, 2.24) is 15.2 Å². The number of hydrogen-bond acceptors (Lipinski definition) is 5. The molecule has 0 spiro atoms. The number of nitrogens with one attached hydrogen (secondary N) is 2. The van der Waals surface area contributed by atoms with E-state index in [0.717, 1.165) is 31.8 Å². The average Bonchev–Trinajstić information content (AvgIpc) is 3.32.